The van der Waals surface area contributed by atoms with Gasteiger partial charge in [0.2, 0.25) is 0 Å². The third-order valence-corrected chi connectivity index (χ3v) is 5.56. The van der Waals surface area contributed by atoms with E-state index >= 15 is 0 Å². The monoisotopic (exact) mass is 441 g/mol. The van der Waals surface area contributed by atoms with Crippen LogP contribution in [0, 0.1) is 10.5 Å². The molecule has 1 aliphatic heterocycles. The van der Waals surface area contributed by atoms with E-state index in [4.69, 9.17) is 0 Å². The number of carbonyl (C=O) groups excluding carboxylic acids is 2. The van der Waals surface area contributed by atoms with Gasteiger partial charge in [0.05, 0.1) is 16.8 Å². The highest BCUT2D eigenvalue weighted by atomic mass is 127. The number of fused-ring (bicyclic) bond motifs is 1. The van der Waals surface area contributed by atoms with Crippen LogP contribution in [-0.2, 0) is 0 Å². The molecule has 0 atom stereocenters. The van der Waals surface area contributed by atoms with Crippen molar-refractivity contribution >= 4 is 56.0 Å². The molecule has 0 aromatic heterocycles. The Balaban J connectivity index is 2.17. The van der Waals surface area contributed by atoms with Gasteiger partial charge in [0.1, 0.15) is 0 Å². The summed E-state index contributed by atoms with van der Waals surface area (Å²) in [5.41, 5.74) is 2.58. The van der Waals surface area contributed by atoms with Crippen molar-refractivity contribution in [2.24, 2.45) is 0 Å². The molecule has 0 spiro atoms. The Morgan fingerprint density at radius 2 is 1.55 bits per heavy atom. The first kappa shape index (κ1) is 13.8. The van der Waals surface area contributed by atoms with Gasteiger partial charge in [-0.3, -0.25) is 9.59 Å². The first-order valence-corrected chi connectivity index (χ1v) is 7.82. The Kier molecular flexibility index (Phi) is 3.41. The fourth-order valence-electron chi connectivity index (χ4n) is 2.23. The molecule has 100 valence electrons. The molecule has 0 unspecified atom stereocenters. The summed E-state index contributed by atoms with van der Waals surface area (Å²) in [7, 11) is 0. The van der Waals surface area contributed by atoms with Crippen LogP contribution >= 0.6 is 38.5 Å². The Labute approximate surface area is 138 Å². The lowest BCUT2D eigenvalue weighted by Crippen LogP contribution is -2.30. The number of imide groups is 1. The van der Waals surface area contributed by atoms with E-state index in [-0.39, 0.29) is 11.8 Å². The van der Waals surface area contributed by atoms with E-state index in [2.05, 4.69) is 38.5 Å². The van der Waals surface area contributed by atoms with E-state index in [1.807, 2.05) is 13.0 Å². The molecule has 0 fully saturated rings. The molecule has 1 aliphatic rings. The second-order valence-corrected chi connectivity index (χ2v) is 6.43. The van der Waals surface area contributed by atoms with Gasteiger partial charge >= 0.3 is 0 Å². The van der Waals surface area contributed by atoms with E-state index < -0.39 is 0 Å². The van der Waals surface area contributed by atoms with E-state index in [1.54, 1.807) is 30.3 Å². The lowest BCUT2D eigenvalue weighted by Gasteiger charge is -2.17. The Hall–Kier alpha value is -1.21. The average molecular weight is 442 g/mol. The molecule has 0 saturated carbocycles. The van der Waals surface area contributed by atoms with Crippen molar-refractivity contribution in [1.29, 1.82) is 0 Å². The first-order chi connectivity index (χ1) is 9.52. The molecule has 2 amide bonds. The van der Waals surface area contributed by atoms with E-state index in [9.17, 15) is 9.59 Å². The van der Waals surface area contributed by atoms with Crippen molar-refractivity contribution in [3.8, 4) is 0 Å². The van der Waals surface area contributed by atoms with Crippen LogP contribution in [0.2, 0.25) is 0 Å². The zero-order chi connectivity index (χ0) is 14.4. The van der Waals surface area contributed by atoms with Gasteiger partial charge in [-0.1, -0.05) is 28.1 Å². The van der Waals surface area contributed by atoms with Crippen molar-refractivity contribution in [3.05, 3.63) is 61.1 Å². The number of amides is 2. The van der Waals surface area contributed by atoms with E-state index in [0.717, 1.165) is 13.6 Å². The van der Waals surface area contributed by atoms with Gasteiger partial charge in [-0.15, -0.1) is 0 Å². The van der Waals surface area contributed by atoms with Crippen LogP contribution in [0.1, 0.15) is 26.3 Å². The van der Waals surface area contributed by atoms with Crippen molar-refractivity contribution in [2.45, 2.75) is 6.92 Å². The van der Waals surface area contributed by atoms with Crippen molar-refractivity contribution in [3.63, 3.8) is 0 Å². The molecule has 3 nitrogen and oxygen atoms in total. The molecule has 5 heteroatoms. The molecular formula is C15H9BrINO2. The standard InChI is InChI=1S/C15H9BrINO2/c1-8-11(16)6-7-12(13(8)17)18-14(19)9-4-2-3-5-10(9)15(18)20/h2-7H,1H3. The van der Waals surface area contributed by atoms with Crippen LogP contribution in [-0.4, -0.2) is 11.8 Å². The number of hydrogen-bond donors (Lipinski definition) is 0. The number of halogens is 2. The van der Waals surface area contributed by atoms with Gasteiger partial charge in [-0.25, -0.2) is 4.90 Å². The molecule has 1 heterocycles. The summed E-state index contributed by atoms with van der Waals surface area (Å²) in [5.74, 6) is -0.518. The molecule has 0 aliphatic carbocycles. The van der Waals surface area contributed by atoms with Gasteiger partial charge < -0.3 is 0 Å². The normalized spacial score (nSPS) is 13.8. The highest BCUT2D eigenvalue weighted by molar-refractivity contribution is 14.1. The maximum atomic E-state index is 12.4. The predicted molar refractivity (Wildman–Crippen MR) is 89.2 cm³/mol. The zero-order valence-corrected chi connectivity index (χ0v) is 14.2. The molecule has 2 aromatic carbocycles. The predicted octanol–water partition coefficient (Wildman–Crippen LogP) is 4.16. The van der Waals surface area contributed by atoms with Crippen LogP contribution in [0.25, 0.3) is 0 Å². The second-order valence-electron chi connectivity index (χ2n) is 4.50. The minimum absolute atomic E-state index is 0.259. The summed E-state index contributed by atoms with van der Waals surface area (Å²) in [5, 5.41) is 0. The summed E-state index contributed by atoms with van der Waals surface area (Å²) in [6, 6.07) is 10.6. The number of rotatable bonds is 1. The summed E-state index contributed by atoms with van der Waals surface area (Å²) in [4.78, 5) is 26.1. The molecule has 20 heavy (non-hydrogen) atoms. The molecular weight excluding hydrogens is 433 g/mol. The van der Waals surface area contributed by atoms with Crippen LogP contribution in [0.15, 0.2) is 40.9 Å². The number of nitrogens with zero attached hydrogens (tertiary/aromatic N) is 1. The minimum atomic E-state index is -0.259. The molecule has 0 radical (unpaired) electrons. The lowest BCUT2D eigenvalue weighted by atomic mass is 10.1. The number of benzene rings is 2. The van der Waals surface area contributed by atoms with Crippen LogP contribution in [0.5, 0.6) is 0 Å². The minimum Gasteiger partial charge on any atom is -0.268 e. The summed E-state index contributed by atoms with van der Waals surface area (Å²) < 4.78 is 1.86. The van der Waals surface area contributed by atoms with Crippen LogP contribution in [0.4, 0.5) is 5.69 Å². The van der Waals surface area contributed by atoms with Crippen molar-refractivity contribution in [2.75, 3.05) is 4.90 Å². The number of hydrogen-bond acceptors (Lipinski definition) is 2. The Morgan fingerprint density at radius 3 is 2.10 bits per heavy atom. The highest BCUT2D eigenvalue weighted by Gasteiger charge is 2.37. The maximum Gasteiger partial charge on any atom is 0.266 e. The molecule has 3 rings (SSSR count). The maximum absolute atomic E-state index is 12.4. The lowest BCUT2D eigenvalue weighted by molar-refractivity contribution is 0.0926. The summed E-state index contributed by atoms with van der Waals surface area (Å²) >= 11 is 5.62. The Bertz CT molecular complexity index is 723. The van der Waals surface area contributed by atoms with E-state index in [0.29, 0.717) is 16.8 Å². The van der Waals surface area contributed by atoms with Gasteiger partial charge in [-0.05, 0) is 59.3 Å². The first-order valence-electron chi connectivity index (χ1n) is 5.95. The van der Waals surface area contributed by atoms with Crippen LogP contribution in [0.3, 0.4) is 0 Å². The third-order valence-electron chi connectivity index (χ3n) is 3.33. The second kappa shape index (κ2) is 4.96. The smallest absolute Gasteiger partial charge is 0.266 e. The fraction of sp³-hybridized carbons (Fsp3) is 0.0667. The largest absolute Gasteiger partial charge is 0.268 e. The van der Waals surface area contributed by atoms with Gasteiger partial charge in [0, 0.05) is 8.04 Å². The van der Waals surface area contributed by atoms with E-state index in [1.165, 1.54) is 4.90 Å². The average Bonchev–Trinajstić information content (AvgIpc) is 2.70. The molecule has 0 saturated heterocycles. The highest BCUT2D eigenvalue weighted by Crippen LogP contribution is 2.35. The summed E-state index contributed by atoms with van der Waals surface area (Å²) in [6.07, 6.45) is 0. The van der Waals surface area contributed by atoms with Gasteiger partial charge in [0.25, 0.3) is 11.8 Å². The summed E-state index contributed by atoms with van der Waals surface area (Å²) in [6.45, 7) is 1.95. The number of carbonyl (C=O) groups is 2. The van der Waals surface area contributed by atoms with Crippen LogP contribution < -0.4 is 4.90 Å². The molecule has 2 aromatic rings. The molecule has 0 bridgehead atoms. The number of anilines is 1. The molecule has 0 N–H and O–H groups in total. The topological polar surface area (TPSA) is 37.4 Å². The zero-order valence-electron chi connectivity index (χ0n) is 10.5. The van der Waals surface area contributed by atoms with Gasteiger partial charge in [-0.2, -0.15) is 0 Å². The third kappa shape index (κ3) is 1.91. The van der Waals surface area contributed by atoms with Crippen molar-refractivity contribution < 1.29 is 9.59 Å². The van der Waals surface area contributed by atoms with Gasteiger partial charge in [0.15, 0.2) is 0 Å². The Morgan fingerprint density at radius 1 is 1.00 bits per heavy atom. The quantitative estimate of drug-likeness (QED) is 0.492. The fourth-order valence-corrected chi connectivity index (χ4v) is 3.64. The van der Waals surface area contributed by atoms with Crippen molar-refractivity contribution in [1.82, 2.24) is 0 Å². The SMILES string of the molecule is Cc1c(Br)ccc(N2C(=O)c3ccccc3C2=O)c1I.